The Balaban J connectivity index is 1.58. The van der Waals surface area contributed by atoms with Crippen LogP contribution in [0.1, 0.15) is 201 Å². The quantitative estimate of drug-likeness (QED) is 0.00993. The number of unbranched alkanes of at least 4 members (excludes halogenated alkanes) is 18. The first-order valence-corrected chi connectivity index (χ1v) is 29.1. The molecule has 0 aromatic heterocycles. The van der Waals surface area contributed by atoms with Crippen LogP contribution >= 0.6 is 19.2 Å². The van der Waals surface area contributed by atoms with Gasteiger partial charge in [-0.1, -0.05) is 128 Å². The number of nitrogens with two attached hydrogens (primary N) is 1. The first-order valence-electron chi connectivity index (χ1n) is 26.6. The molecule has 1 saturated heterocycles. The number of allylic oxidation sites excluding steroid dienone is 1. The van der Waals surface area contributed by atoms with Gasteiger partial charge < -0.3 is 48.9 Å². The van der Waals surface area contributed by atoms with Gasteiger partial charge in [0.2, 0.25) is 0 Å². The van der Waals surface area contributed by atoms with Crippen LogP contribution in [-0.4, -0.2) is 118 Å². The second-order valence-corrected chi connectivity index (χ2v) is 22.2. The summed E-state index contributed by atoms with van der Waals surface area (Å²) < 4.78 is 52.5. The van der Waals surface area contributed by atoms with Gasteiger partial charge in [0.05, 0.1) is 36.7 Å². The first kappa shape index (κ1) is 62.5. The Morgan fingerprint density at radius 2 is 1.35 bits per heavy atom. The molecule has 0 aromatic carbocycles. The van der Waals surface area contributed by atoms with E-state index < -0.39 is 49.0 Å². The SMILES string of the molecule is CCCCCCCCCCCCCCCCC(=O)OC[C@H](COP(C)(=O)OCCN)OC(=O)CCCCCCCCNCCCC(=O)OC1CC[C@](O)(CCl)[C@@H]([C@@]2(C)OC2CC=C(C)C)[C@@H]1OC. The second-order valence-electron chi connectivity index (χ2n) is 19.8. The Hall–Kier alpha value is -1.61. The summed E-state index contributed by atoms with van der Waals surface area (Å²) in [6.45, 7) is 11.1. The van der Waals surface area contributed by atoms with Crippen molar-refractivity contribution < 1.29 is 56.8 Å². The molecule has 0 amide bonds. The van der Waals surface area contributed by atoms with Crippen LogP contribution in [0.4, 0.5) is 0 Å². The van der Waals surface area contributed by atoms with Crippen molar-refractivity contribution in [1.29, 1.82) is 0 Å². The molecule has 1 aliphatic carbocycles. The summed E-state index contributed by atoms with van der Waals surface area (Å²) >= 11 is 6.33. The zero-order valence-electron chi connectivity index (χ0n) is 43.3. The third kappa shape index (κ3) is 26.7. The van der Waals surface area contributed by atoms with Gasteiger partial charge in [-0.3, -0.25) is 18.9 Å². The molecule has 16 heteroatoms. The van der Waals surface area contributed by atoms with E-state index >= 15 is 0 Å². The number of alkyl halides is 1. The molecule has 1 heterocycles. The van der Waals surface area contributed by atoms with Crippen LogP contribution in [0.2, 0.25) is 0 Å². The van der Waals surface area contributed by atoms with Crippen LogP contribution in [0.15, 0.2) is 11.6 Å². The van der Waals surface area contributed by atoms with Crippen molar-refractivity contribution in [2.24, 2.45) is 11.7 Å². The molecule has 1 saturated carbocycles. The zero-order chi connectivity index (χ0) is 50.1. The Kier molecular flexibility index (Phi) is 33.4. The second kappa shape index (κ2) is 36.3. The standard InChI is InChI=1S/C52H96ClN2O12P/c1-7-8-9-10-11-12-13-14-15-16-17-18-21-24-28-46(56)62-39-43(40-64-68(6,60)63-38-35-54)65-47(57)29-25-22-19-20-23-26-36-55-37-27-30-48(58)66-44-33-34-52(59,41-53)50(49(44)61-5)51(4)45(67-51)32-31-42(2)3/h31,43-45,49-50,55,59H,7-30,32-41,54H2,1-6H3/t43-,44?,45?,49-,50-,51+,52+,68?/m1/s1. The molecular formula is C52H96ClN2O12P. The lowest BCUT2D eigenvalue weighted by Crippen LogP contribution is -2.61. The van der Waals surface area contributed by atoms with Gasteiger partial charge >= 0.3 is 25.5 Å². The summed E-state index contributed by atoms with van der Waals surface area (Å²) in [4.78, 5) is 38.2. The Morgan fingerprint density at radius 3 is 1.91 bits per heavy atom. The number of carbonyl (C=O) groups excluding carboxylic acids is 3. The highest BCUT2D eigenvalue weighted by Crippen LogP contribution is 2.55. The number of carbonyl (C=O) groups is 3. The van der Waals surface area contributed by atoms with Crippen LogP contribution in [0.25, 0.3) is 0 Å². The number of aliphatic hydroxyl groups is 1. The topological polar surface area (TPSA) is 194 Å². The number of rotatable bonds is 43. The molecule has 2 aliphatic rings. The smallest absolute Gasteiger partial charge is 0.327 e. The first-order chi connectivity index (χ1) is 32.6. The summed E-state index contributed by atoms with van der Waals surface area (Å²) in [6, 6.07) is 0. The summed E-state index contributed by atoms with van der Waals surface area (Å²) in [5.74, 6) is -1.44. The van der Waals surface area contributed by atoms with Gasteiger partial charge in [0.25, 0.3) is 0 Å². The molecule has 0 aromatic rings. The van der Waals surface area contributed by atoms with Crippen molar-refractivity contribution >= 4 is 37.1 Å². The van der Waals surface area contributed by atoms with E-state index in [0.717, 1.165) is 64.3 Å². The minimum Gasteiger partial charge on any atom is -0.462 e. The molecule has 0 spiro atoms. The molecule has 0 radical (unpaired) electrons. The monoisotopic (exact) mass is 1010 g/mol. The van der Waals surface area contributed by atoms with Gasteiger partial charge in [-0.05, 0) is 78.8 Å². The molecular weight excluding hydrogens is 911 g/mol. The zero-order valence-corrected chi connectivity index (χ0v) is 45.0. The minimum atomic E-state index is -3.43. The maximum atomic E-state index is 12.9. The molecule has 0 bridgehead atoms. The molecule has 8 atom stereocenters. The molecule has 68 heavy (non-hydrogen) atoms. The van der Waals surface area contributed by atoms with Crippen LogP contribution in [0, 0.1) is 5.92 Å². The van der Waals surface area contributed by atoms with Crippen LogP contribution < -0.4 is 11.1 Å². The van der Waals surface area contributed by atoms with E-state index in [1.165, 1.54) is 82.9 Å². The normalized spacial score (nSPS) is 23.7. The number of hydrogen-bond acceptors (Lipinski definition) is 14. The van der Waals surface area contributed by atoms with E-state index in [0.29, 0.717) is 38.6 Å². The van der Waals surface area contributed by atoms with E-state index in [1.54, 1.807) is 7.11 Å². The van der Waals surface area contributed by atoms with Gasteiger partial charge in [0.15, 0.2) is 6.10 Å². The maximum absolute atomic E-state index is 12.9. The van der Waals surface area contributed by atoms with Gasteiger partial charge in [0, 0.05) is 39.6 Å². The lowest BCUT2D eigenvalue weighted by atomic mass is 9.66. The number of ether oxygens (including phenoxy) is 5. The Labute approximate surface area is 416 Å². The molecule has 2 fully saturated rings. The lowest BCUT2D eigenvalue weighted by Gasteiger charge is -2.48. The number of nitrogens with one attached hydrogen (secondary N) is 1. The third-order valence-electron chi connectivity index (χ3n) is 13.4. The van der Waals surface area contributed by atoms with Crippen molar-refractivity contribution in [2.75, 3.05) is 59.1 Å². The highest BCUT2D eigenvalue weighted by Gasteiger charge is 2.67. The fraction of sp³-hybridized carbons (Fsp3) is 0.904. The summed E-state index contributed by atoms with van der Waals surface area (Å²) in [5, 5.41) is 15.0. The van der Waals surface area contributed by atoms with Gasteiger partial charge in [-0.25, -0.2) is 0 Å². The number of esters is 3. The molecule has 4 N–H and O–H groups in total. The van der Waals surface area contributed by atoms with E-state index in [-0.39, 0.29) is 63.1 Å². The maximum Gasteiger partial charge on any atom is 0.327 e. The van der Waals surface area contributed by atoms with Gasteiger partial charge in [-0.15, -0.1) is 11.6 Å². The molecule has 14 nitrogen and oxygen atoms in total. The van der Waals surface area contributed by atoms with Crippen molar-refractivity contribution in [2.45, 2.75) is 237 Å². The van der Waals surface area contributed by atoms with Gasteiger partial charge in [-0.2, -0.15) is 0 Å². The molecule has 398 valence electrons. The largest absolute Gasteiger partial charge is 0.462 e. The van der Waals surface area contributed by atoms with E-state index in [1.807, 2.05) is 20.8 Å². The predicted molar refractivity (Wildman–Crippen MR) is 271 cm³/mol. The predicted octanol–water partition coefficient (Wildman–Crippen LogP) is 11.0. The van der Waals surface area contributed by atoms with Crippen molar-refractivity contribution in [3.05, 3.63) is 11.6 Å². The van der Waals surface area contributed by atoms with Crippen LogP contribution in [0.5, 0.6) is 0 Å². The Morgan fingerprint density at radius 1 is 0.809 bits per heavy atom. The summed E-state index contributed by atoms with van der Waals surface area (Å²) in [6.07, 6.45) is 26.1. The van der Waals surface area contributed by atoms with E-state index in [4.69, 9.17) is 50.1 Å². The Bertz CT molecular complexity index is 1450. The molecule has 1 aliphatic heterocycles. The van der Waals surface area contributed by atoms with Crippen molar-refractivity contribution in [1.82, 2.24) is 5.32 Å². The fourth-order valence-corrected chi connectivity index (χ4v) is 10.6. The minimum absolute atomic E-state index is 0.0490. The highest BCUT2D eigenvalue weighted by molar-refractivity contribution is 7.52. The van der Waals surface area contributed by atoms with Crippen LogP contribution in [0.3, 0.4) is 0 Å². The third-order valence-corrected chi connectivity index (χ3v) is 15.1. The molecule has 2 rings (SSSR count). The number of methoxy groups -OCH3 is 1. The number of halogens is 1. The van der Waals surface area contributed by atoms with E-state index in [2.05, 4.69) is 18.3 Å². The number of epoxide rings is 1. The van der Waals surface area contributed by atoms with Crippen LogP contribution in [-0.2, 0) is 51.7 Å². The fourth-order valence-electron chi connectivity index (χ4n) is 9.32. The number of hydrogen-bond donors (Lipinski definition) is 3. The van der Waals surface area contributed by atoms with Crippen molar-refractivity contribution in [3.8, 4) is 0 Å². The average molecular weight is 1010 g/mol. The highest BCUT2D eigenvalue weighted by atomic mass is 35.5. The lowest BCUT2D eigenvalue weighted by molar-refractivity contribution is -0.192. The van der Waals surface area contributed by atoms with Crippen molar-refractivity contribution in [3.63, 3.8) is 0 Å². The summed E-state index contributed by atoms with van der Waals surface area (Å²) in [5.41, 5.74) is 4.86. The van der Waals surface area contributed by atoms with E-state index in [9.17, 15) is 24.1 Å². The van der Waals surface area contributed by atoms with Gasteiger partial charge in [0.1, 0.15) is 24.4 Å². The average Bonchev–Trinajstić information content (AvgIpc) is 3.98. The summed E-state index contributed by atoms with van der Waals surface area (Å²) in [7, 11) is -1.84. The molecule has 3 unspecified atom stereocenters.